The van der Waals surface area contributed by atoms with Crippen LogP contribution in [0.4, 0.5) is 24.9 Å². The summed E-state index contributed by atoms with van der Waals surface area (Å²) in [6.07, 6.45) is 0. The molecule has 1 aliphatic heterocycles. The largest absolute Gasteiger partial charge is 0.545 e. The summed E-state index contributed by atoms with van der Waals surface area (Å²) in [5.41, 5.74) is 2.92. The number of carboxylic acid groups (broad SMARTS) is 1. The Labute approximate surface area is 306 Å². The third kappa shape index (κ3) is 10.5. The second-order valence-electron chi connectivity index (χ2n) is 11.7. The van der Waals surface area contributed by atoms with Gasteiger partial charge in [0.25, 0.3) is 0 Å². The van der Waals surface area contributed by atoms with Crippen LogP contribution in [-0.2, 0) is 0 Å². The minimum absolute atomic E-state index is 0.0128. The number of fused-ring (bicyclic) bond motifs is 2. The molecule has 0 saturated carbocycles. The molecule has 17 nitrogen and oxygen atoms in total. The molecular formula is C36H46N10O7. The van der Waals surface area contributed by atoms with Crippen molar-refractivity contribution in [3.63, 3.8) is 0 Å². The van der Waals surface area contributed by atoms with Crippen LogP contribution in [0.25, 0.3) is 33.4 Å². The van der Waals surface area contributed by atoms with Crippen molar-refractivity contribution in [2.75, 3.05) is 85.4 Å². The Morgan fingerprint density at radius 3 is 1.75 bits per heavy atom. The van der Waals surface area contributed by atoms with Crippen LogP contribution in [0.3, 0.4) is 0 Å². The molecule has 0 saturated heterocycles. The van der Waals surface area contributed by atoms with Gasteiger partial charge in [-0.05, 0) is 23.8 Å². The zero-order chi connectivity index (χ0) is 38.3. The van der Waals surface area contributed by atoms with E-state index < -0.39 is 5.97 Å². The Kier molecular flexibility index (Phi) is 14.2. The van der Waals surface area contributed by atoms with Gasteiger partial charge in [0.1, 0.15) is 11.3 Å². The van der Waals surface area contributed by atoms with Gasteiger partial charge < -0.3 is 61.8 Å². The summed E-state index contributed by atoms with van der Waals surface area (Å²) in [4.78, 5) is 61.9. The Morgan fingerprint density at radius 1 is 0.660 bits per heavy atom. The number of carbonyl (C=O) groups excluding carboxylic acids is 5. The number of anilines is 1. The van der Waals surface area contributed by atoms with Gasteiger partial charge in [-0.25, -0.2) is 23.8 Å². The number of hydrogen-bond acceptors (Lipinski definition) is 8. The molecule has 8 amide bonds. The van der Waals surface area contributed by atoms with E-state index in [0.29, 0.717) is 85.8 Å². The number of urea groups is 4. The highest BCUT2D eigenvalue weighted by molar-refractivity contribution is 6.07. The van der Waals surface area contributed by atoms with Crippen LogP contribution in [-0.4, -0.2) is 111 Å². The lowest BCUT2D eigenvalue weighted by Gasteiger charge is -2.26. The standard InChI is InChI=1S/C36H46N10O7/c1-37-33(49)41-13-17-45(18-14-42-34(50)38-2)23-9-11-27-29(21-23)53-30-22-24(46(19-15-43-35(51)39-3)20-16-44-36(52)40-4)10-12-28(30)31(27)25-7-5-6-8-26(25)32(47)48/h5-12,21-22H,13-20H2,1-4H3,(H8-,37,38,39,40,41,42,43,44,47,48,49,50,51,52). The van der Waals surface area contributed by atoms with Crippen LogP contribution in [0.5, 0.6) is 0 Å². The first kappa shape index (κ1) is 39.3. The fourth-order valence-electron chi connectivity index (χ4n) is 5.74. The van der Waals surface area contributed by atoms with Crippen LogP contribution >= 0.6 is 0 Å². The molecule has 0 atom stereocenters. The summed E-state index contributed by atoms with van der Waals surface area (Å²) in [6, 6.07) is 16.4. The van der Waals surface area contributed by atoms with Crippen LogP contribution in [0.15, 0.2) is 65.1 Å². The summed E-state index contributed by atoms with van der Waals surface area (Å²) < 4.78 is 8.58. The first-order chi connectivity index (χ1) is 25.6. The number of rotatable bonds is 15. The van der Waals surface area contributed by atoms with Crippen molar-refractivity contribution >= 4 is 46.8 Å². The molecule has 53 heavy (non-hydrogen) atoms. The molecule has 0 aromatic heterocycles. The first-order valence-electron chi connectivity index (χ1n) is 17.1. The van der Waals surface area contributed by atoms with Gasteiger partial charge in [-0.2, -0.15) is 0 Å². The molecule has 2 aliphatic rings. The van der Waals surface area contributed by atoms with E-state index in [4.69, 9.17) is 4.42 Å². The molecule has 2 aromatic carbocycles. The van der Waals surface area contributed by atoms with Gasteiger partial charge >= 0.3 is 24.1 Å². The van der Waals surface area contributed by atoms with Crippen molar-refractivity contribution in [2.24, 2.45) is 0 Å². The summed E-state index contributed by atoms with van der Waals surface area (Å²) >= 11 is 0. The van der Waals surface area contributed by atoms with Crippen molar-refractivity contribution in [2.45, 2.75) is 0 Å². The van der Waals surface area contributed by atoms with Crippen molar-refractivity contribution in [1.82, 2.24) is 47.1 Å². The molecule has 0 spiro atoms. The lowest BCUT2D eigenvalue weighted by Crippen LogP contribution is -2.44. The molecule has 0 bridgehead atoms. The number of aromatic carboxylic acids is 1. The highest BCUT2D eigenvalue weighted by Gasteiger charge is 2.22. The Balaban J connectivity index is 1.91. The van der Waals surface area contributed by atoms with E-state index in [9.17, 15) is 29.1 Å². The van der Waals surface area contributed by atoms with E-state index in [1.807, 2.05) is 45.9 Å². The Hall–Kier alpha value is -6.52. The molecule has 0 radical (unpaired) electrons. The van der Waals surface area contributed by atoms with Crippen LogP contribution < -0.4 is 62.5 Å². The molecule has 4 rings (SSSR count). The average Bonchev–Trinajstić information content (AvgIpc) is 3.17. The number of nitrogens with zero attached hydrogens (tertiary/aromatic N) is 2. The summed E-state index contributed by atoms with van der Waals surface area (Å²) in [5, 5.41) is 35.0. The SMILES string of the molecule is CNC(=O)NCCN(CCNC(=O)NC)c1ccc2c(-c3ccccc3C(=O)[O-])c3ccc(=[N+](CCNC(=O)NC)CCNC(=O)NC)cc-3oc2c1. The molecule has 282 valence electrons. The van der Waals surface area contributed by atoms with Crippen molar-refractivity contribution < 1.29 is 33.5 Å². The second kappa shape index (κ2) is 19.2. The van der Waals surface area contributed by atoms with E-state index in [-0.39, 0.29) is 29.7 Å². The first-order valence-corrected chi connectivity index (χ1v) is 17.1. The average molecular weight is 731 g/mol. The van der Waals surface area contributed by atoms with E-state index >= 15 is 0 Å². The normalized spacial score (nSPS) is 10.6. The number of carboxylic acids is 1. The summed E-state index contributed by atoms with van der Waals surface area (Å²) in [5.74, 6) is -0.874. The molecule has 1 aliphatic carbocycles. The fourth-order valence-corrected chi connectivity index (χ4v) is 5.74. The van der Waals surface area contributed by atoms with Crippen LogP contribution in [0.2, 0.25) is 0 Å². The minimum atomic E-state index is -1.33. The second-order valence-corrected chi connectivity index (χ2v) is 11.7. The van der Waals surface area contributed by atoms with E-state index in [2.05, 4.69) is 42.5 Å². The minimum Gasteiger partial charge on any atom is -0.545 e. The van der Waals surface area contributed by atoms with E-state index in [1.165, 1.54) is 34.3 Å². The van der Waals surface area contributed by atoms with Gasteiger partial charge in [-0.3, -0.25) is 0 Å². The summed E-state index contributed by atoms with van der Waals surface area (Å²) in [6.45, 7) is 2.81. The highest BCUT2D eigenvalue weighted by atomic mass is 16.4. The number of nitrogens with one attached hydrogen (secondary N) is 8. The maximum Gasteiger partial charge on any atom is 0.314 e. The predicted molar refractivity (Wildman–Crippen MR) is 200 cm³/mol. The fraction of sp³-hybridized carbons (Fsp3) is 0.333. The topological polar surface area (TPSA) is 224 Å². The number of benzene rings is 3. The van der Waals surface area contributed by atoms with Crippen LogP contribution in [0.1, 0.15) is 10.4 Å². The van der Waals surface area contributed by atoms with Crippen molar-refractivity contribution in [1.29, 1.82) is 0 Å². The molecular weight excluding hydrogens is 684 g/mol. The van der Waals surface area contributed by atoms with Gasteiger partial charge in [0.15, 0.2) is 13.1 Å². The quantitative estimate of drug-likeness (QED) is 0.0606. The highest BCUT2D eigenvalue weighted by Crippen LogP contribution is 2.41. The molecule has 0 unspecified atom stereocenters. The molecule has 8 N–H and O–H groups in total. The van der Waals surface area contributed by atoms with Crippen molar-refractivity contribution in [3.05, 3.63) is 71.6 Å². The van der Waals surface area contributed by atoms with Gasteiger partial charge in [-0.1, -0.05) is 24.3 Å². The molecule has 17 heteroatoms. The smallest absolute Gasteiger partial charge is 0.314 e. The van der Waals surface area contributed by atoms with E-state index in [1.54, 1.807) is 18.2 Å². The maximum absolute atomic E-state index is 12.3. The molecule has 2 aromatic rings. The molecule has 1 heterocycles. The van der Waals surface area contributed by atoms with E-state index in [0.717, 1.165) is 11.0 Å². The van der Waals surface area contributed by atoms with Crippen LogP contribution in [0, 0.1) is 0 Å². The third-order valence-electron chi connectivity index (χ3n) is 8.41. The lowest BCUT2D eigenvalue weighted by atomic mass is 9.90. The zero-order valence-corrected chi connectivity index (χ0v) is 30.2. The number of amides is 8. The number of hydrogen-bond donors (Lipinski definition) is 8. The maximum atomic E-state index is 12.3. The third-order valence-corrected chi connectivity index (χ3v) is 8.41. The lowest BCUT2D eigenvalue weighted by molar-refractivity contribution is -0.254. The van der Waals surface area contributed by atoms with Crippen molar-refractivity contribution in [3.8, 4) is 22.5 Å². The van der Waals surface area contributed by atoms with Gasteiger partial charge in [0.2, 0.25) is 5.36 Å². The summed E-state index contributed by atoms with van der Waals surface area (Å²) in [7, 11) is 6.11. The van der Waals surface area contributed by atoms with Gasteiger partial charge in [-0.15, -0.1) is 0 Å². The monoisotopic (exact) mass is 730 g/mol. The predicted octanol–water partition coefficient (Wildman–Crippen LogP) is -0.137. The number of carbonyl (C=O) groups is 5. The zero-order valence-electron chi connectivity index (χ0n) is 30.2. The Morgan fingerprint density at radius 2 is 1.21 bits per heavy atom. The van der Waals surface area contributed by atoms with Gasteiger partial charge in [0.05, 0.1) is 25.1 Å². The molecule has 0 fully saturated rings. The van der Waals surface area contributed by atoms with Gasteiger partial charge in [0, 0.05) is 94.3 Å². The Bertz CT molecular complexity index is 1930.